The molecule has 2 aromatic rings. The van der Waals surface area contributed by atoms with Gasteiger partial charge in [-0.15, -0.1) is 0 Å². The van der Waals surface area contributed by atoms with Gasteiger partial charge in [-0.2, -0.15) is 0 Å². The van der Waals surface area contributed by atoms with Gasteiger partial charge in [0.2, 0.25) is 11.8 Å². The van der Waals surface area contributed by atoms with Crippen molar-refractivity contribution in [2.45, 2.75) is 20.3 Å². The number of carbonyl (C=O) groups excluding carboxylic acids is 2. The van der Waals surface area contributed by atoms with Gasteiger partial charge in [0, 0.05) is 30.1 Å². The van der Waals surface area contributed by atoms with E-state index in [9.17, 15) is 9.59 Å². The zero-order chi connectivity index (χ0) is 20.2. The van der Waals surface area contributed by atoms with Crippen LogP contribution in [0.1, 0.15) is 20.3 Å². The van der Waals surface area contributed by atoms with Crippen LogP contribution in [-0.2, 0) is 14.3 Å². The third-order valence-corrected chi connectivity index (χ3v) is 3.76. The van der Waals surface area contributed by atoms with Gasteiger partial charge < -0.3 is 25.4 Å². The van der Waals surface area contributed by atoms with Crippen LogP contribution in [0.3, 0.4) is 0 Å². The smallest absolute Gasteiger partial charge is 0.243 e. The van der Waals surface area contributed by atoms with Crippen molar-refractivity contribution in [3.63, 3.8) is 0 Å². The number of ether oxygens (including phenoxy) is 2. The predicted molar refractivity (Wildman–Crippen MR) is 111 cm³/mol. The van der Waals surface area contributed by atoms with Crippen LogP contribution in [0.4, 0.5) is 17.1 Å². The molecule has 0 aliphatic rings. The molecule has 0 bridgehead atoms. The summed E-state index contributed by atoms with van der Waals surface area (Å²) in [5.74, 6) is 0.493. The highest BCUT2D eigenvalue weighted by molar-refractivity contribution is 5.95. The van der Waals surface area contributed by atoms with E-state index in [0.717, 1.165) is 11.4 Å². The minimum atomic E-state index is -0.184. The summed E-state index contributed by atoms with van der Waals surface area (Å²) in [5, 5.41) is 8.63. The fourth-order valence-corrected chi connectivity index (χ4v) is 2.34. The number of nitrogens with one attached hydrogen (secondary N) is 3. The fourth-order valence-electron chi connectivity index (χ4n) is 2.34. The van der Waals surface area contributed by atoms with Gasteiger partial charge in [0.05, 0.1) is 13.2 Å². The number of benzene rings is 2. The number of amides is 2. The Morgan fingerprint density at radius 1 is 0.857 bits per heavy atom. The van der Waals surface area contributed by atoms with E-state index in [4.69, 9.17) is 9.47 Å². The van der Waals surface area contributed by atoms with Crippen LogP contribution in [0.2, 0.25) is 0 Å². The first-order chi connectivity index (χ1) is 13.6. The van der Waals surface area contributed by atoms with E-state index in [1.54, 1.807) is 31.2 Å². The molecule has 3 N–H and O–H groups in total. The lowest BCUT2D eigenvalue weighted by atomic mass is 10.2. The standard InChI is InChI=1S/C21H27N3O4/c1-3-20(25)23-17-6-5-7-18(14-17)24-21(26)15-22-16-8-10-19(11-9-16)28-13-12-27-4-2/h5-11,14,22H,3-4,12-13,15H2,1-2H3,(H,23,25)(H,24,26). The molecule has 0 spiro atoms. The molecular weight excluding hydrogens is 358 g/mol. The molecule has 7 heteroatoms. The molecule has 0 aromatic heterocycles. The molecule has 0 saturated carbocycles. The van der Waals surface area contributed by atoms with Gasteiger partial charge in [0.15, 0.2) is 0 Å². The number of carbonyl (C=O) groups is 2. The topological polar surface area (TPSA) is 88.7 Å². The molecule has 0 aliphatic carbocycles. The van der Waals surface area contributed by atoms with Crippen molar-refractivity contribution >= 4 is 28.9 Å². The molecule has 0 unspecified atom stereocenters. The Balaban J connectivity index is 1.77. The minimum Gasteiger partial charge on any atom is -0.491 e. The summed E-state index contributed by atoms with van der Waals surface area (Å²) in [6.45, 7) is 5.58. The van der Waals surface area contributed by atoms with E-state index in [1.807, 2.05) is 31.2 Å². The Labute approximate surface area is 165 Å². The van der Waals surface area contributed by atoms with Gasteiger partial charge in [0.25, 0.3) is 0 Å². The maximum absolute atomic E-state index is 12.1. The van der Waals surface area contributed by atoms with Crippen LogP contribution in [0, 0.1) is 0 Å². The first kappa shape index (κ1) is 21.2. The summed E-state index contributed by atoms with van der Waals surface area (Å²) in [6, 6.07) is 14.4. The Morgan fingerprint density at radius 3 is 2.18 bits per heavy atom. The molecule has 150 valence electrons. The number of hydrogen-bond donors (Lipinski definition) is 3. The average molecular weight is 385 g/mol. The minimum absolute atomic E-state index is 0.0736. The highest BCUT2D eigenvalue weighted by atomic mass is 16.5. The molecule has 0 saturated heterocycles. The predicted octanol–water partition coefficient (Wildman–Crippen LogP) is 3.50. The number of hydrogen-bond acceptors (Lipinski definition) is 5. The van der Waals surface area contributed by atoms with E-state index in [-0.39, 0.29) is 18.4 Å². The van der Waals surface area contributed by atoms with E-state index in [0.29, 0.717) is 37.6 Å². The van der Waals surface area contributed by atoms with Crippen molar-refractivity contribution in [1.29, 1.82) is 0 Å². The second kappa shape index (κ2) is 11.6. The average Bonchev–Trinajstić information content (AvgIpc) is 2.70. The van der Waals surface area contributed by atoms with E-state index < -0.39 is 0 Å². The van der Waals surface area contributed by atoms with Crippen molar-refractivity contribution in [3.05, 3.63) is 48.5 Å². The van der Waals surface area contributed by atoms with Crippen molar-refractivity contribution in [2.75, 3.05) is 42.3 Å². The second-order valence-electron chi connectivity index (χ2n) is 5.95. The van der Waals surface area contributed by atoms with Crippen molar-refractivity contribution in [3.8, 4) is 5.75 Å². The fraction of sp³-hybridized carbons (Fsp3) is 0.333. The first-order valence-corrected chi connectivity index (χ1v) is 9.35. The van der Waals surface area contributed by atoms with Gasteiger partial charge in [-0.3, -0.25) is 9.59 Å². The van der Waals surface area contributed by atoms with Crippen LogP contribution in [0.15, 0.2) is 48.5 Å². The van der Waals surface area contributed by atoms with Crippen molar-refractivity contribution in [2.24, 2.45) is 0 Å². The molecule has 28 heavy (non-hydrogen) atoms. The Kier molecular flexibility index (Phi) is 8.81. The van der Waals surface area contributed by atoms with Crippen molar-refractivity contribution in [1.82, 2.24) is 0 Å². The first-order valence-electron chi connectivity index (χ1n) is 9.35. The molecule has 0 aliphatic heterocycles. The summed E-state index contributed by atoms with van der Waals surface area (Å²) in [5.41, 5.74) is 2.09. The van der Waals surface area contributed by atoms with Gasteiger partial charge in [-0.05, 0) is 49.4 Å². The zero-order valence-corrected chi connectivity index (χ0v) is 16.3. The third-order valence-electron chi connectivity index (χ3n) is 3.76. The van der Waals surface area contributed by atoms with Crippen LogP contribution in [-0.4, -0.2) is 38.2 Å². The van der Waals surface area contributed by atoms with Crippen LogP contribution < -0.4 is 20.7 Å². The lowest BCUT2D eigenvalue weighted by molar-refractivity contribution is -0.116. The molecule has 0 heterocycles. The molecule has 7 nitrogen and oxygen atoms in total. The maximum Gasteiger partial charge on any atom is 0.243 e. The largest absolute Gasteiger partial charge is 0.491 e. The summed E-state index contributed by atoms with van der Waals surface area (Å²) >= 11 is 0. The lowest BCUT2D eigenvalue weighted by Crippen LogP contribution is -2.21. The van der Waals surface area contributed by atoms with Crippen LogP contribution in [0.25, 0.3) is 0 Å². The molecule has 0 atom stereocenters. The quantitative estimate of drug-likeness (QED) is 0.515. The Hall–Kier alpha value is -3.06. The molecule has 2 rings (SSSR count). The van der Waals surface area contributed by atoms with Crippen LogP contribution >= 0.6 is 0 Å². The van der Waals surface area contributed by atoms with Crippen LogP contribution in [0.5, 0.6) is 5.75 Å². The lowest BCUT2D eigenvalue weighted by Gasteiger charge is -2.10. The number of anilines is 3. The zero-order valence-electron chi connectivity index (χ0n) is 16.3. The monoisotopic (exact) mass is 385 g/mol. The Bertz CT molecular complexity index is 763. The number of rotatable bonds is 11. The molecular formula is C21H27N3O4. The second-order valence-corrected chi connectivity index (χ2v) is 5.95. The third kappa shape index (κ3) is 7.67. The normalized spacial score (nSPS) is 10.2. The maximum atomic E-state index is 12.1. The van der Waals surface area contributed by atoms with E-state index in [1.165, 1.54) is 0 Å². The van der Waals surface area contributed by atoms with Gasteiger partial charge in [0.1, 0.15) is 12.4 Å². The summed E-state index contributed by atoms with van der Waals surface area (Å²) < 4.78 is 10.8. The van der Waals surface area contributed by atoms with Crippen molar-refractivity contribution < 1.29 is 19.1 Å². The highest BCUT2D eigenvalue weighted by Gasteiger charge is 2.05. The molecule has 0 fully saturated rings. The van der Waals surface area contributed by atoms with Gasteiger partial charge in [-0.25, -0.2) is 0 Å². The molecule has 2 aromatic carbocycles. The molecule has 2 amide bonds. The van der Waals surface area contributed by atoms with E-state index >= 15 is 0 Å². The summed E-state index contributed by atoms with van der Waals surface area (Å²) in [7, 11) is 0. The SMILES string of the molecule is CCOCCOc1ccc(NCC(=O)Nc2cccc(NC(=O)CC)c2)cc1. The summed E-state index contributed by atoms with van der Waals surface area (Å²) in [6.07, 6.45) is 0.400. The highest BCUT2D eigenvalue weighted by Crippen LogP contribution is 2.17. The van der Waals surface area contributed by atoms with E-state index in [2.05, 4.69) is 16.0 Å². The Morgan fingerprint density at radius 2 is 1.54 bits per heavy atom. The van der Waals surface area contributed by atoms with Gasteiger partial charge in [-0.1, -0.05) is 13.0 Å². The molecule has 0 radical (unpaired) electrons. The summed E-state index contributed by atoms with van der Waals surface area (Å²) in [4.78, 5) is 23.6. The van der Waals surface area contributed by atoms with Gasteiger partial charge >= 0.3 is 0 Å².